The van der Waals surface area contributed by atoms with Gasteiger partial charge in [0.05, 0.1) is 0 Å². The molecular weight excluding hydrogens is 184 g/mol. The van der Waals surface area contributed by atoms with E-state index < -0.39 is 5.23 Å². The Morgan fingerprint density at radius 3 is 2.50 bits per heavy atom. The number of quaternary nitrogens is 1. The average molecular weight is 192 g/mol. The third-order valence-corrected chi connectivity index (χ3v) is 1.82. The van der Waals surface area contributed by atoms with Crippen molar-refractivity contribution in [3.63, 3.8) is 0 Å². The first-order chi connectivity index (χ1) is 6.77. The van der Waals surface area contributed by atoms with Gasteiger partial charge in [0.1, 0.15) is 6.33 Å². The molecule has 14 heavy (non-hydrogen) atoms. The summed E-state index contributed by atoms with van der Waals surface area (Å²) in [4.78, 5) is 3.95. The standard InChI is InChI=1S/C8H8N4O2/c13-12(14)7-3-1-6(2-4-7)8-9-5-10-11-8/h1-5,12-13H,(H,9,10,11). The maximum atomic E-state index is 10.6. The van der Waals surface area contributed by atoms with Crippen LogP contribution in [0.25, 0.3) is 11.4 Å². The minimum atomic E-state index is -0.936. The van der Waals surface area contributed by atoms with Gasteiger partial charge in [-0.1, -0.05) is 0 Å². The Kier molecular flexibility index (Phi) is 2.23. The third-order valence-electron chi connectivity index (χ3n) is 1.82. The average Bonchev–Trinajstić information content (AvgIpc) is 2.71. The van der Waals surface area contributed by atoms with Crippen LogP contribution in [0.2, 0.25) is 0 Å². The third kappa shape index (κ3) is 1.62. The Balaban J connectivity index is 2.31. The van der Waals surface area contributed by atoms with Crippen molar-refractivity contribution in [2.45, 2.75) is 0 Å². The van der Waals surface area contributed by atoms with Crippen LogP contribution in [0.4, 0.5) is 5.69 Å². The highest BCUT2D eigenvalue weighted by molar-refractivity contribution is 5.56. The van der Waals surface area contributed by atoms with Crippen LogP contribution in [0.15, 0.2) is 30.6 Å². The maximum Gasteiger partial charge on any atom is 0.163 e. The molecule has 72 valence electrons. The van der Waals surface area contributed by atoms with Crippen LogP contribution in [-0.4, -0.2) is 20.4 Å². The lowest BCUT2D eigenvalue weighted by Gasteiger charge is -2.10. The molecule has 0 aliphatic carbocycles. The topological polar surface area (TPSA) is 89.3 Å². The van der Waals surface area contributed by atoms with Crippen molar-refractivity contribution in [2.75, 3.05) is 0 Å². The molecule has 6 nitrogen and oxygen atoms in total. The summed E-state index contributed by atoms with van der Waals surface area (Å²) in [5.74, 6) is 0.627. The predicted octanol–water partition coefficient (Wildman–Crippen LogP) is -0.125. The fourth-order valence-corrected chi connectivity index (χ4v) is 1.12. The van der Waals surface area contributed by atoms with E-state index in [9.17, 15) is 5.21 Å². The van der Waals surface area contributed by atoms with Crippen molar-refractivity contribution in [3.05, 3.63) is 35.8 Å². The number of H-pyrrole nitrogens is 1. The lowest BCUT2D eigenvalue weighted by Crippen LogP contribution is -2.99. The smallest absolute Gasteiger partial charge is 0.163 e. The summed E-state index contributed by atoms with van der Waals surface area (Å²) in [5, 5.41) is 24.7. The molecule has 0 saturated heterocycles. The molecule has 0 radical (unpaired) electrons. The van der Waals surface area contributed by atoms with Crippen LogP contribution in [0.1, 0.15) is 0 Å². The molecule has 0 spiro atoms. The SMILES string of the molecule is [O-][NH+](O)c1ccc(-c2ncn[nH]2)cc1. The van der Waals surface area contributed by atoms with E-state index in [4.69, 9.17) is 5.21 Å². The van der Waals surface area contributed by atoms with Crippen LogP contribution in [-0.2, 0) is 0 Å². The van der Waals surface area contributed by atoms with Gasteiger partial charge in [-0.25, -0.2) is 10.2 Å². The summed E-state index contributed by atoms with van der Waals surface area (Å²) in [6.07, 6.45) is 1.40. The Morgan fingerprint density at radius 1 is 1.29 bits per heavy atom. The molecule has 2 rings (SSSR count). The number of nitrogens with zero attached hydrogens (tertiary/aromatic N) is 2. The van der Waals surface area contributed by atoms with E-state index in [1.807, 2.05) is 0 Å². The first-order valence-corrected chi connectivity index (χ1v) is 3.96. The van der Waals surface area contributed by atoms with Gasteiger partial charge in [-0.2, -0.15) is 10.3 Å². The fraction of sp³-hybridized carbons (Fsp3) is 0. The summed E-state index contributed by atoms with van der Waals surface area (Å²) < 4.78 is 0. The van der Waals surface area contributed by atoms with Crippen LogP contribution >= 0.6 is 0 Å². The molecule has 2 aromatic rings. The van der Waals surface area contributed by atoms with Gasteiger partial charge >= 0.3 is 0 Å². The highest BCUT2D eigenvalue weighted by Crippen LogP contribution is 2.14. The van der Waals surface area contributed by atoms with Crippen molar-refractivity contribution in [1.82, 2.24) is 15.2 Å². The van der Waals surface area contributed by atoms with Gasteiger partial charge in [-0.05, 0) is 12.1 Å². The molecule has 1 aromatic heterocycles. The maximum absolute atomic E-state index is 10.6. The monoisotopic (exact) mass is 192 g/mol. The van der Waals surface area contributed by atoms with E-state index >= 15 is 0 Å². The van der Waals surface area contributed by atoms with Crippen LogP contribution in [0, 0.1) is 5.21 Å². The van der Waals surface area contributed by atoms with Crippen molar-refractivity contribution in [3.8, 4) is 11.4 Å². The zero-order valence-electron chi connectivity index (χ0n) is 7.14. The van der Waals surface area contributed by atoms with Gasteiger partial charge in [-0.15, -0.1) is 0 Å². The second kappa shape index (κ2) is 3.54. The summed E-state index contributed by atoms with van der Waals surface area (Å²) in [7, 11) is 0. The number of benzene rings is 1. The fourth-order valence-electron chi connectivity index (χ4n) is 1.12. The second-order valence-electron chi connectivity index (χ2n) is 2.72. The lowest BCUT2D eigenvalue weighted by molar-refractivity contribution is -0.991. The lowest BCUT2D eigenvalue weighted by atomic mass is 10.2. The number of aromatic nitrogens is 3. The Bertz CT molecular complexity index is 396. The number of hydrogen-bond acceptors (Lipinski definition) is 4. The molecule has 1 atom stereocenters. The van der Waals surface area contributed by atoms with Gasteiger partial charge in [0.15, 0.2) is 11.5 Å². The second-order valence-corrected chi connectivity index (χ2v) is 2.72. The van der Waals surface area contributed by atoms with E-state index in [2.05, 4.69) is 15.2 Å². The van der Waals surface area contributed by atoms with E-state index in [-0.39, 0.29) is 5.69 Å². The summed E-state index contributed by atoms with van der Waals surface area (Å²) in [5.41, 5.74) is 1.07. The predicted molar refractivity (Wildman–Crippen MR) is 47.6 cm³/mol. The Morgan fingerprint density at radius 2 is 2.00 bits per heavy atom. The number of aromatic amines is 1. The zero-order chi connectivity index (χ0) is 9.97. The number of nitrogens with one attached hydrogen (secondary N) is 2. The van der Waals surface area contributed by atoms with Crippen molar-refractivity contribution in [1.29, 1.82) is 0 Å². The zero-order valence-corrected chi connectivity index (χ0v) is 7.14. The van der Waals surface area contributed by atoms with Gasteiger partial charge < -0.3 is 5.21 Å². The van der Waals surface area contributed by atoms with Crippen LogP contribution in [0.5, 0.6) is 0 Å². The van der Waals surface area contributed by atoms with Gasteiger partial charge in [-0.3, -0.25) is 5.10 Å². The molecule has 0 fully saturated rings. The van der Waals surface area contributed by atoms with Gasteiger partial charge in [0, 0.05) is 17.7 Å². The highest BCUT2D eigenvalue weighted by atomic mass is 16.8. The van der Waals surface area contributed by atoms with E-state index in [1.165, 1.54) is 18.5 Å². The van der Waals surface area contributed by atoms with Crippen molar-refractivity contribution in [2.24, 2.45) is 0 Å². The summed E-state index contributed by atoms with van der Waals surface area (Å²) >= 11 is 0. The van der Waals surface area contributed by atoms with Crippen LogP contribution in [0.3, 0.4) is 0 Å². The van der Waals surface area contributed by atoms with Gasteiger partial charge in [0.25, 0.3) is 0 Å². The molecule has 0 bridgehead atoms. The number of hydrogen-bond donors (Lipinski definition) is 3. The summed E-state index contributed by atoms with van der Waals surface area (Å²) in [6.45, 7) is 0. The van der Waals surface area contributed by atoms with E-state index in [0.29, 0.717) is 5.82 Å². The molecule has 0 aliphatic rings. The minimum Gasteiger partial charge on any atom is -0.595 e. The molecule has 1 heterocycles. The molecular formula is C8H8N4O2. The molecule has 3 N–H and O–H groups in total. The van der Waals surface area contributed by atoms with Gasteiger partial charge in [0.2, 0.25) is 0 Å². The molecule has 1 aromatic carbocycles. The highest BCUT2D eigenvalue weighted by Gasteiger charge is 2.02. The first kappa shape index (κ1) is 8.82. The Hall–Kier alpha value is -1.76. The van der Waals surface area contributed by atoms with Crippen molar-refractivity contribution >= 4 is 5.69 Å². The number of rotatable bonds is 2. The quantitative estimate of drug-likeness (QED) is 0.578. The van der Waals surface area contributed by atoms with E-state index in [1.54, 1.807) is 12.1 Å². The molecule has 0 amide bonds. The largest absolute Gasteiger partial charge is 0.595 e. The Labute approximate surface area is 79.4 Å². The molecule has 0 saturated carbocycles. The van der Waals surface area contributed by atoms with Crippen LogP contribution < -0.4 is 5.23 Å². The van der Waals surface area contributed by atoms with E-state index in [0.717, 1.165) is 5.56 Å². The van der Waals surface area contributed by atoms with Crippen molar-refractivity contribution < 1.29 is 10.4 Å². The molecule has 1 unspecified atom stereocenters. The normalized spacial score (nSPS) is 12.7. The first-order valence-electron chi connectivity index (χ1n) is 3.96. The molecule has 0 aliphatic heterocycles. The summed E-state index contributed by atoms with van der Waals surface area (Å²) in [6, 6.07) is 6.42. The molecule has 6 heteroatoms. The minimum absolute atomic E-state index is 0.258.